The number of nitrogens with zero attached hydrogens (tertiary/aromatic N) is 2. The molecular formula is C21H20N4O4. The van der Waals surface area contributed by atoms with E-state index in [4.69, 9.17) is 4.74 Å². The highest BCUT2D eigenvalue weighted by Crippen LogP contribution is 2.27. The van der Waals surface area contributed by atoms with Gasteiger partial charge in [-0.25, -0.2) is 4.98 Å². The molecule has 0 spiro atoms. The van der Waals surface area contributed by atoms with Crippen molar-refractivity contribution < 1.29 is 14.3 Å². The van der Waals surface area contributed by atoms with E-state index in [2.05, 4.69) is 15.6 Å². The Morgan fingerprint density at radius 1 is 1.24 bits per heavy atom. The second kappa shape index (κ2) is 7.84. The molecular weight excluding hydrogens is 372 g/mol. The van der Waals surface area contributed by atoms with Gasteiger partial charge in [0, 0.05) is 18.4 Å². The molecule has 0 radical (unpaired) electrons. The topological polar surface area (TPSA) is 102 Å². The van der Waals surface area contributed by atoms with E-state index >= 15 is 0 Å². The van der Waals surface area contributed by atoms with Crippen molar-refractivity contribution >= 4 is 28.4 Å². The van der Waals surface area contributed by atoms with Crippen LogP contribution < -0.4 is 16.2 Å². The highest BCUT2D eigenvalue weighted by molar-refractivity contribution is 6.01. The summed E-state index contributed by atoms with van der Waals surface area (Å²) >= 11 is 0. The summed E-state index contributed by atoms with van der Waals surface area (Å²) in [4.78, 5) is 41.5. The number of fused-ring (bicyclic) bond motifs is 2. The SMILES string of the molecule is COCCn1cnc2ccc(NC(=O)CC3NC(=O)c4ccccc43)cc2c1=O. The summed E-state index contributed by atoms with van der Waals surface area (Å²) in [5.74, 6) is -0.429. The zero-order chi connectivity index (χ0) is 20.4. The average molecular weight is 392 g/mol. The van der Waals surface area contributed by atoms with E-state index in [1.807, 2.05) is 12.1 Å². The Morgan fingerprint density at radius 3 is 2.90 bits per heavy atom. The average Bonchev–Trinajstić information content (AvgIpc) is 3.03. The third-order valence-electron chi connectivity index (χ3n) is 4.92. The smallest absolute Gasteiger partial charge is 0.261 e. The molecule has 1 atom stereocenters. The second-order valence-corrected chi connectivity index (χ2v) is 6.83. The van der Waals surface area contributed by atoms with Crippen LogP contribution in [0.5, 0.6) is 0 Å². The molecule has 1 aromatic heterocycles. The second-order valence-electron chi connectivity index (χ2n) is 6.83. The van der Waals surface area contributed by atoms with Crippen LogP contribution in [0.15, 0.2) is 53.6 Å². The van der Waals surface area contributed by atoms with Gasteiger partial charge in [-0.15, -0.1) is 0 Å². The van der Waals surface area contributed by atoms with Crippen LogP contribution in [0, 0.1) is 0 Å². The van der Waals surface area contributed by atoms with Crippen molar-refractivity contribution in [1.29, 1.82) is 0 Å². The van der Waals surface area contributed by atoms with Crippen LogP contribution >= 0.6 is 0 Å². The van der Waals surface area contributed by atoms with Crippen molar-refractivity contribution in [2.24, 2.45) is 0 Å². The summed E-state index contributed by atoms with van der Waals surface area (Å²) in [6.45, 7) is 0.799. The number of hydrogen-bond donors (Lipinski definition) is 2. The lowest BCUT2D eigenvalue weighted by molar-refractivity contribution is -0.116. The summed E-state index contributed by atoms with van der Waals surface area (Å²) in [5.41, 5.74) is 2.28. The maximum Gasteiger partial charge on any atom is 0.261 e. The van der Waals surface area contributed by atoms with Crippen LogP contribution in [0.25, 0.3) is 10.9 Å². The quantitative estimate of drug-likeness (QED) is 0.667. The fourth-order valence-corrected chi connectivity index (χ4v) is 3.47. The Kier molecular flexibility index (Phi) is 5.09. The monoisotopic (exact) mass is 392 g/mol. The van der Waals surface area contributed by atoms with Crippen molar-refractivity contribution in [2.75, 3.05) is 19.0 Å². The van der Waals surface area contributed by atoms with Gasteiger partial charge >= 0.3 is 0 Å². The van der Waals surface area contributed by atoms with E-state index < -0.39 is 0 Å². The molecule has 148 valence electrons. The van der Waals surface area contributed by atoms with Gasteiger partial charge in [0.15, 0.2) is 0 Å². The molecule has 3 aromatic rings. The normalized spacial score (nSPS) is 15.2. The highest BCUT2D eigenvalue weighted by Gasteiger charge is 2.29. The molecule has 1 aliphatic rings. The Balaban J connectivity index is 1.52. The fraction of sp³-hybridized carbons (Fsp3) is 0.238. The maximum absolute atomic E-state index is 12.6. The number of ether oxygens (including phenoxy) is 1. The molecule has 0 aliphatic carbocycles. The van der Waals surface area contributed by atoms with Crippen molar-refractivity contribution in [3.05, 3.63) is 70.3 Å². The number of rotatable bonds is 6. The van der Waals surface area contributed by atoms with Crippen molar-refractivity contribution in [2.45, 2.75) is 19.0 Å². The molecule has 8 nitrogen and oxygen atoms in total. The van der Waals surface area contributed by atoms with Crippen LogP contribution in [0.1, 0.15) is 28.4 Å². The first kappa shape index (κ1) is 18.8. The maximum atomic E-state index is 12.6. The van der Waals surface area contributed by atoms with E-state index in [1.54, 1.807) is 37.4 Å². The number of carbonyl (C=O) groups excluding carboxylic acids is 2. The molecule has 29 heavy (non-hydrogen) atoms. The largest absolute Gasteiger partial charge is 0.383 e. The minimum atomic E-state index is -0.368. The number of hydrogen-bond acceptors (Lipinski definition) is 5. The molecule has 2 aromatic carbocycles. The number of aromatic nitrogens is 2. The Bertz CT molecular complexity index is 1150. The predicted octanol–water partition coefficient (Wildman–Crippen LogP) is 1.86. The van der Waals surface area contributed by atoms with Crippen molar-refractivity contribution in [1.82, 2.24) is 14.9 Å². The predicted molar refractivity (Wildman–Crippen MR) is 108 cm³/mol. The van der Waals surface area contributed by atoms with Crippen molar-refractivity contribution in [3.8, 4) is 0 Å². The molecule has 0 fully saturated rings. The number of amides is 2. The minimum Gasteiger partial charge on any atom is -0.383 e. The standard InChI is InChI=1S/C21H20N4O4/c1-29-9-8-25-12-22-17-7-6-13(10-16(17)21(25)28)23-19(26)11-18-14-4-2-3-5-15(14)20(27)24-18/h2-7,10,12,18H,8-9,11H2,1H3,(H,23,26)(H,24,27). The lowest BCUT2D eigenvalue weighted by atomic mass is 10.0. The molecule has 1 unspecified atom stereocenters. The van der Waals surface area contributed by atoms with Gasteiger partial charge in [-0.3, -0.25) is 19.0 Å². The van der Waals surface area contributed by atoms with Crippen LogP contribution in [0.3, 0.4) is 0 Å². The third-order valence-corrected chi connectivity index (χ3v) is 4.92. The van der Waals surface area contributed by atoms with E-state index in [0.29, 0.717) is 35.3 Å². The summed E-state index contributed by atoms with van der Waals surface area (Å²) in [5, 5.41) is 6.05. The van der Waals surface area contributed by atoms with Crippen LogP contribution in [-0.4, -0.2) is 35.1 Å². The van der Waals surface area contributed by atoms with Gasteiger partial charge in [-0.1, -0.05) is 18.2 Å². The highest BCUT2D eigenvalue weighted by atomic mass is 16.5. The Hall–Kier alpha value is -3.52. The Morgan fingerprint density at radius 2 is 2.07 bits per heavy atom. The van der Waals surface area contributed by atoms with Gasteiger partial charge in [0.05, 0.1) is 42.8 Å². The number of carbonyl (C=O) groups is 2. The molecule has 4 rings (SSSR count). The number of nitrogens with one attached hydrogen (secondary N) is 2. The van der Waals surface area contributed by atoms with Gasteiger partial charge in [-0.05, 0) is 29.8 Å². The van der Waals surface area contributed by atoms with E-state index in [9.17, 15) is 14.4 Å². The summed E-state index contributed by atoms with van der Waals surface area (Å²) in [7, 11) is 1.57. The molecule has 2 amide bonds. The van der Waals surface area contributed by atoms with Gasteiger partial charge in [0.1, 0.15) is 0 Å². The molecule has 0 saturated heterocycles. The first-order chi connectivity index (χ1) is 14.1. The van der Waals surface area contributed by atoms with Crippen LogP contribution in [0.2, 0.25) is 0 Å². The molecule has 0 bridgehead atoms. The first-order valence-corrected chi connectivity index (χ1v) is 9.24. The van der Waals surface area contributed by atoms with Crippen molar-refractivity contribution in [3.63, 3.8) is 0 Å². The number of benzene rings is 2. The minimum absolute atomic E-state index is 0.103. The zero-order valence-electron chi connectivity index (χ0n) is 15.8. The van der Waals surface area contributed by atoms with E-state index in [1.165, 1.54) is 10.9 Å². The fourth-order valence-electron chi connectivity index (χ4n) is 3.47. The molecule has 2 heterocycles. The van der Waals surface area contributed by atoms with Crippen LogP contribution in [0.4, 0.5) is 5.69 Å². The Labute approximate surface area is 166 Å². The lowest BCUT2D eigenvalue weighted by Crippen LogP contribution is -2.24. The number of methoxy groups -OCH3 is 1. The van der Waals surface area contributed by atoms with Gasteiger partial charge < -0.3 is 15.4 Å². The zero-order valence-corrected chi connectivity index (χ0v) is 15.8. The summed E-state index contributed by atoms with van der Waals surface area (Å²) in [6.07, 6.45) is 1.59. The molecule has 2 N–H and O–H groups in total. The number of anilines is 1. The van der Waals surface area contributed by atoms with Gasteiger partial charge in [0.25, 0.3) is 11.5 Å². The van der Waals surface area contributed by atoms with E-state index in [-0.39, 0.29) is 29.8 Å². The van der Waals surface area contributed by atoms with E-state index in [0.717, 1.165) is 5.56 Å². The third kappa shape index (κ3) is 3.74. The molecule has 1 aliphatic heterocycles. The van der Waals surface area contributed by atoms with Gasteiger partial charge in [-0.2, -0.15) is 0 Å². The first-order valence-electron chi connectivity index (χ1n) is 9.24. The molecule has 8 heteroatoms. The summed E-state index contributed by atoms with van der Waals surface area (Å²) < 4.78 is 6.49. The molecule has 0 saturated carbocycles. The lowest BCUT2D eigenvalue weighted by Gasteiger charge is -2.12. The summed E-state index contributed by atoms with van der Waals surface area (Å²) in [6, 6.07) is 11.9. The van der Waals surface area contributed by atoms with Crippen LogP contribution in [-0.2, 0) is 16.1 Å². The van der Waals surface area contributed by atoms with Gasteiger partial charge in [0.2, 0.25) is 5.91 Å².